The van der Waals surface area contributed by atoms with Crippen LogP contribution in [0.2, 0.25) is 0 Å². The van der Waals surface area contributed by atoms with Crippen LogP contribution in [-0.4, -0.2) is 34.8 Å². The van der Waals surface area contributed by atoms with Gasteiger partial charge in [-0.15, -0.1) is 11.3 Å². The van der Waals surface area contributed by atoms with Crippen LogP contribution in [0, 0.1) is 0 Å². The van der Waals surface area contributed by atoms with E-state index in [9.17, 15) is 9.59 Å². The Morgan fingerprint density at radius 1 is 1.33 bits per heavy atom. The summed E-state index contributed by atoms with van der Waals surface area (Å²) in [5, 5.41) is 3.60. The molecule has 0 saturated heterocycles. The van der Waals surface area contributed by atoms with E-state index in [1.54, 1.807) is 11.3 Å². The second kappa shape index (κ2) is 7.44. The van der Waals surface area contributed by atoms with Gasteiger partial charge in [-0.1, -0.05) is 0 Å². The first-order valence-corrected chi connectivity index (χ1v) is 9.85. The summed E-state index contributed by atoms with van der Waals surface area (Å²) in [5.74, 6) is 1.24. The number of carbonyl (C=O) groups excluding carboxylic acids is 2. The van der Waals surface area contributed by atoms with E-state index >= 15 is 0 Å². The normalized spacial score (nSPS) is 13.6. The molecule has 0 aromatic carbocycles. The van der Waals surface area contributed by atoms with Gasteiger partial charge in [0.05, 0.1) is 5.56 Å². The molecular formula is C17H20N2O3S2. The van der Waals surface area contributed by atoms with Gasteiger partial charge in [-0.3, -0.25) is 4.79 Å². The van der Waals surface area contributed by atoms with E-state index in [1.807, 2.05) is 54.7 Å². The zero-order chi connectivity index (χ0) is 17.1. The van der Waals surface area contributed by atoms with Crippen molar-refractivity contribution in [2.75, 3.05) is 12.4 Å². The van der Waals surface area contributed by atoms with Crippen LogP contribution >= 0.6 is 23.1 Å². The smallest absolute Gasteiger partial charge is 0.341 e. The molecule has 0 spiro atoms. The number of thiophene rings is 1. The number of aromatic nitrogens is 1. The molecule has 1 amide bonds. The average Bonchev–Trinajstić information content (AvgIpc) is 3.18. The number of rotatable bonds is 5. The van der Waals surface area contributed by atoms with Gasteiger partial charge in [-0.25, -0.2) is 4.79 Å². The van der Waals surface area contributed by atoms with Gasteiger partial charge in [0.2, 0.25) is 0 Å². The molecule has 1 aliphatic rings. The second-order valence-electron chi connectivity index (χ2n) is 5.88. The summed E-state index contributed by atoms with van der Waals surface area (Å²) in [6, 6.07) is 3.88. The average molecular weight is 364 g/mol. The molecule has 2 aromatic heterocycles. The van der Waals surface area contributed by atoms with Gasteiger partial charge in [0.1, 0.15) is 5.00 Å². The number of nitrogens with one attached hydrogen (secondary N) is 1. The highest BCUT2D eigenvalue weighted by Gasteiger charge is 2.27. The molecule has 3 rings (SSSR count). The first-order valence-electron chi connectivity index (χ1n) is 7.88. The van der Waals surface area contributed by atoms with E-state index in [0.29, 0.717) is 5.56 Å². The SMILES string of the molecule is CC(C)NC(=O)COC(=O)c1c(-n2cccc2)sc2c1CCSC2. The fraction of sp³-hybridized carbons (Fsp3) is 0.412. The Labute approximate surface area is 149 Å². The molecule has 0 saturated carbocycles. The van der Waals surface area contributed by atoms with Crippen LogP contribution in [-0.2, 0) is 21.7 Å². The zero-order valence-corrected chi connectivity index (χ0v) is 15.3. The lowest BCUT2D eigenvalue weighted by Crippen LogP contribution is -2.34. The largest absolute Gasteiger partial charge is 0.452 e. The van der Waals surface area contributed by atoms with Crippen LogP contribution in [0.3, 0.4) is 0 Å². The molecule has 1 N–H and O–H groups in total. The van der Waals surface area contributed by atoms with E-state index in [4.69, 9.17) is 4.74 Å². The van der Waals surface area contributed by atoms with Crippen LogP contribution in [0.25, 0.3) is 5.00 Å². The number of fused-ring (bicyclic) bond motifs is 1. The molecule has 0 aliphatic carbocycles. The number of ether oxygens (including phenoxy) is 1. The van der Waals surface area contributed by atoms with Crippen molar-refractivity contribution in [3.8, 4) is 5.00 Å². The molecule has 128 valence electrons. The highest BCUT2D eigenvalue weighted by atomic mass is 32.2. The van der Waals surface area contributed by atoms with Gasteiger partial charge in [-0.05, 0) is 43.7 Å². The van der Waals surface area contributed by atoms with Gasteiger partial charge in [0, 0.05) is 29.1 Å². The Balaban J connectivity index is 1.84. The number of amides is 1. The number of hydrogen-bond donors (Lipinski definition) is 1. The Morgan fingerprint density at radius 3 is 2.79 bits per heavy atom. The highest BCUT2D eigenvalue weighted by Crippen LogP contribution is 2.38. The lowest BCUT2D eigenvalue weighted by molar-refractivity contribution is -0.124. The van der Waals surface area contributed by atoms with Gasteiger partial charge >= 0.3 is 5.97 Å². The molecular weight excluding hydrogens is 344 g/mol. The van der Waals surface area contributed by atoms with Crippen molar-refractivity contribution in [3.05, 3.63) is 40.5 Å². The summed E-state index contributed by atoms with van der Waals surface area (Å²) < 4.78 is 7.23. The first-order chi connectivity index (χ1) is 11.6. The maximum atomic E-state index is 12.7. The van der Waals surface area contributed by atoms with E-state index in [2.05, 4.69) is 5.32 Å². The van der Waals surface area contributed by atoms with Crippen LogP contribution in [0.5, 0.6) is 0 Å². The van der Waals surface area contributed by atoms with Crippen LogP contribution in [0.15, 0.2) is 24.5 Å². The van der Waals surface area contributed by atoms with Gasteiger partial charge in [0.15, 0.2) is 6.61 Å². The summed E-state index contributed by atoms with van der Waals surface area (Å²) in [4.78, 5) is 25.6. The van der Waals surface area contributed by atoms with Crippen molar-refractivity contribution in [1.29, 1.82) is 0 Å². The van der Waals surface area contributed by atoms with Gasteiger partial charge in [0.25, 0.3) is 5.91 Å². The Morgan fingerprint density at radius 2 is 2.08 bits per heavy atom. The molecule has 2 aromatic rings. The fourth-order valence-electron chi connectivity index (χ4n) is 2.65. The molecule has 3 heterocycles. The van der Waals surface area contributed by atoms with E-state index in [1.165, 1.54) is 4.88 Å². The Bertz CT molecular complexity index is 735. The molecule has 7 heteroatoms. The fourth-order valence-corrected chi connectivity index (χ4v) is 5.08. The van der Waals surface area contributed by atoms with E-state index in [0.717, 1.165) is 28.5 Å². The first kappa shape index (κ1) is 17.1. The third-order valence-corrected chi connectivity index (χ3v) is 6.04. The minimum atomic E-state index is -0.415. The van der Waals surface area contributed by atoms with Crippen molar-refractivity contribution < 1.29 is 14.3 Å². The molecule has 5 nitrogen and oxygen atoms in total. The van der Waals surface area contributed by atoms with Gasteiger partial charge in [-0.2, -0.15) is 11.8 Å². The third kappa shape index (κ3) is 3.67. The molecule has 0 radical (unpaired) electrons. The molecule has 0 fully saturated rings. The number of carbonyl (C=O) groups is 2. The number of hydrogen-bond acceptors (Lipinski definition) is 5. The van der Waals surface area contributed by atoms with Gasteiger partial charge < -0.3 is 14.6 Å². The zero-order valence-electron chi connectivity index (χ0n) is 13.7. The lowest BCUT2D eigenvalue weighted by atomic mass is 10.1. The van der Waals surface area contributed by atoms with Crippen LogP contribution in [0.1, 0.15) is 34.6 Å². The summed E-state index contributed by atoms with van der Waals surface area (Å²) in [7, 11) is 0. The van der Waals surface area contributed by atoms with Crippen molar-refractivity contribution in [2.45, 2.75) is 32.1 Å². The Kier molecular flexibility index (Phi) is 5.30. The summed E-state index contributed by atoms with van der Waals surface area (Å²) in [5.41, 5.74) is 1.69. The van der Waals surface area contributed by atoms with Crippen molar-refractivity contribution in [1.82, 2.24) is 9.88 Å². The highest BCUT2D eigenvalue weighted by molar-refractivity contribution is 7.98. The minimum Gasteiger partial charge on any atom is -0.452 e. The van der Waals surface area contributed by atoms with E-state index < -0.39 is 5.97 Å². The maximum Gasteiger partial charge on any atom is 0.341 e. The number of esters is 1. The van der Waals surface area contributed by atoms with Crippen LogP contribution in [0.4, 0.5) is 0 Å². The molecule has 0 unspecified atom stereocenters. The predicted molar refractivity (Wildman–Crippen MR) is 97.1 cm³/mol. The van der Waals surface area contributed by atoms with Crippen molar-refractivity contribution in [2.24, 2.45) is 0 Å². The standard InChI is InChI=1S/C17H20N2O3S2/c1-11(2)18-14(20)9-22-17(21)15-12-5-8-23-10-13(12)24-16(15)19-6-3-4-7-19/h3-4,6-7,11H,5,8-10H2,1-2H3,(H,18,20). The summed E-state index contributed by atoms with van der Waals surface area (Å²) in [6.07, 6.45) is 4.71. The van der Waals surface area contributed by atoms with E-state index in [-0.39, 0.29) is 18.6 Å². The summed E-state index contributed by atoms with van der Waals surface area (Å²) in [6.45, 7) is 3.50. The molecule has 0 atom stereocenters. The van der Waals surface area contributed by atoms with Crippen molar-refractivity contribution in [3.63, 3.8) is 0 Å². The number of nitrogens with zero attached hydrogens (tertiary/aromatic N) is 1. The van der Waals surface area contributed by atoms with Crippen molar-refractivity contribution >= 4 is 35.0 Å². The molecule has 1 aliphatic heterocycles. The molecule has 24 heavy (non-hydrogen) atoms. The monoisotopic (exact) mass is 364 g/mol. The predicted octanol–water partition coefficient (Wildman–Crippen LogP) is 3.01. The maximum absolute atomic E-state index is 12.7. The van der Waals surface area contributed by atoms with Crippen LogP contribution < -0.4 is 5.32 Å². The lowest BCUT2D eigenvalue weighted by Gasteiger charge is -2.13. The minimum absolute atomic E-state index is 0.0255. The quantitative estimate of drug-likeness (QED) is 0.829. The second-order valence-corrected chi connectivity index (χ2v) is 8.06. The number of thioether (sulfide) groups is 1. The third-order valence-electron chi connectivity index (χ3n) is 3.63. The Hall–Kier alpha value is -1.73. The summed E-state index contributed by atoms with van der Waals surface area (Å²) >= 11 is 3.51. The molecule has 0 bridgehead atoms. The topological polar surface area (TPSA) is 60.3 Å².